The summed E-state index contributed by atoms with van der Waals surface area (Å²) in [6.07, 6.45) is 5.41. The molecular formula is C21H22N2O5. The third-order valence-corrected chi connectivity index (χ3v) is 5.40. The Morgan fingerprint density at radius 3 is 2.71 bits per heavy atom. The minimum atomic E-state index is -1.24. The van der Waals surface area contributed by atoms with Crippen molar-refractivity contribution in [2.24, 2.45) is 0 Å². The van der Waals surface area contributed by atoms with Crippen molar-refractivity contribution in [1.29, 1.82) is 0 Å². The Hall–Kier alpha value is -3.09. The molecule has 0 spiro atoms. The monoisotopic (exact) mass is 382 g/mol. The van der Waals surface area contributed by atoms with E-state index in [1.54, 1.807) is 24.3 Å². The van der Waals surface area contributed by atoms with Gasteiger partial charge in [-0.25, -0.2) is 4.79 Å². The predicted molar refractivity (Wildman–Crippen MR) is 102 cm³/mol. The zero-order valence-corrected chi connectivity index (χ0v) is 15.4. The summed E-state index contributed by atoms with van der Waals surface area (Å²) >= 11 is 0. The number of carboxylic acid groups (broad SMARTS) is 1. The highest BCUT2D eigenvalue weighted by atomic mass is 16.5. The quantitative estimate of drug-likeness (QED) is 0.702. The fraction of sp³-hybridized carbons (Fsp3) is 0.381. The fourth-order valence-corrected chi connectivity index (χ4v) is 3.90. The number of hydrogen-bond acceptors (Lipinski definition) is 4. The molecule has 1 aromatic carbocycles. The number of amides is 1. The van der Waals surface area contributed by atoms with E-state index < -0.39 is 23.5 Å². The second-order valence-corrected chi connectivity index (χ2v) is 7.29. The first-order valence-electron chi connectivity index (χ1n) is 9.57. The first-order chi connectivity index (χ1) is 13.5. The van der Waals surface area contributed by atoms with Crippen LogP contribution in [0.25, 0.3) is 0 Å². The normalized spacial score (nSPS) is 16.3. The van der Waals surface area contributed by atoms with Crippen molar-refractivity contribution in [3.63, 3.8) is 0 Å². The van der Waals surface area contributed by atoms with Gasteiger partial charge in [0.15, 0.2) is 6.04 Å². The summed E-state index contributed by atoms with van der Waals surface area (Å²) in [5, 5.41) is 12.1. The van der Waals surface area contributed by atoms with Gasteiger partial charge in [-0.15, -0.1) is 0 Å². The summed E-state index contributed by atoms with van der Waals surface area (Å²) < 4.78 is 5.44. The molecule has 2 aromatic rings. The molecule has 1 aromatic heterocycles. The number of fused-ring (bicyclic) bond motifs is 2. The summed E-state index contributed by atoms with van der Waals surface area (Å²) in [7, 11) is 0. The summed E-state index contributed by atoms with van der Waals surface area (Å²) in [6.45, 7) is 0.563. The van der Waals surface area contributed by atoms with Crippen molar-refractivity contribution in [2.75, 3.05) is 6.61 Å². The summed E-state index contributed by atoms with van der Waals surface area (Å²) in [5.74, 6) is -1.13. The minimum Gasteiger partial charge on any atom is -0.493 e. The number of carbonyl (C=O) groups excluding carboxylic acids is 1. The van der Waals surface area contributed by atoms with Crippen LogP contribution in [0, 0.1) is 0 Å². The molecule has 7 heteroatoms. The van der Waals surface area contributed by atoms with Crippen LogP contribution < -0.4 is 15.6 Å². The average Bonchev–Trinajstić information content (AvgIpc) is 3.02. The Bertz CT molecular complexity index is 995. The molecule has 3 N–H and O–H groups in total. The van der Waals surface area contributed by atoms with Crippen molar-refractivity contribution in [1.82, 2.24) is 10.3 Å². The first kappa shape index (κ1) is 18.3. The van der Waals surface area contributed by atoms with Crippen molar-refractivity contribution in [3.8, 4) is 5.75 Å². The number of aromatic amines is 1. The number of nitrogens with one attached hydrogen (secondary N) is 2. The molecule has 1 atom stereocenters. The molecule has 2 heterocycles. The first-order valence-corrected chi connectivity index (χ1v) is 9.57. The maximum absolute atomic E-state index is 12.7. The number of benzene rings is 1. The van der Waals surface area contributed by atoms with Crippen LogP contribution in [0.4, 0.5) is 0 Å². The van der Waals surface area contributed by atoms with Gasteiger partial charge in [0, 0.05) is 12.1 Å². The summed E-state index contributed by atoms with van der Waals surface area (Å²) in [6, 6.07) is 5.46. The van der Waals surface area contributed by atoms with Gasteiger partial charge in [0.1, 0.15) is 11.3 Å². The number of aryl methyl sites for hydroxylation is 2. The molecule has 1 amide bonds. The van der Waals surface area contributed by atoms with Gasteiger partial charge in [-0.2, -0.15) is 0 Å². The van der Waals surface area contributed by atoms with Gasteiger partial charge in [0.05, 0.1) is 6.61 Å². The van der Waals surface area contributed by atoms with E-state index in [4.69, 9.17) is 4.74 Å². The second-order valence-electron chi connectivity index (χ2n) is 7.29. The summed E-state index contributed by atoms with van der Waals surface area (Å²) in [4.78, 5) is 39.8. The van der Waals surface area contributed by atoms with Crippen LogP contribution in [-0.2, 0) is 24.1 Å². The van der Waals surface area contributed by atoms with Gasteiger partial charge in [0.2, 0.25) is 0 Å². The number of ether oxygens (including phenoxy) is 1. The van der Waals surface area contributed by atoms with Gasteiger partial charge in [-0.1, -0.05) is 12.5 Å². The second kappa shape index (κ2) is 7.50. The Labute approximate surface area is 161 Å². The SMILES string of the molecule is O=C(NC(C(=O)O)c1ccc2c(c1)CCO2)c1cc2c([nH]c1=O)CCCCC2. The fourth-order valence-electron chi connectivity index (χ4n) is 3.90. The molecule has 0 bridgehead atoms. The lowest BCUT2D eigenvalue weighted by atomic mass is 10.0. The number of pyridine rings is 1. The Morgan fingerprint density at radius 1 is 1.07 bits per heavy atom. The number of aromatic nitrogens is 1. The molecule has 0 saturated heterocycles. The molecule has 0 radical (unpaired) electrons. The topological polar surface area (TPSA) is 108 Å². The molecule has 1 aliphatic heterocycles. The molecule has 4 rings (SSSR count). The lowest BCUT2D eigenvalue weighted by molar-refractivity contribution is -0.139. The molecule has 0 fully saturated rings. The van der Waals surface area contributed by atoms with Crippen molar-refractivity contribution in [2.45, 2.75) is 44.6 Å². The maximum Gasteiger partial charge on any atom is 0.330 e. The molecule has 0 saturated carbocycles. The third kappa shape index (κ3) is 3.52. The van der Waals surface area contributed by atoms with Crippen molar-refractivity contribution in [3.05, 3.63) is 62.6 Å². The highest BCUT2D eigenvalue weighted by molar-refractivity contribution is 5.96. The predicted octanol–water partition coefficient (Wildman–Crippen LogP) is 2.13. The van der Waals surface area contributed by atoms with Gasteiger partial charge in [-0.05, 0) is 60.6 Å². The van der Waals surface area contributed by atoms with E-state index in [2.05, 4.69) is 10.3 Å². The Kier molecular flexibility index (Phi) is 4.90. The van der Waals surface area contributed by atoms with E-state index in [1.807, 2.05) is 0 Å². The number of carboxylic acids is 1. The van der Waals surface area contributed by atoms with Gasteiger partial charge >= 0.3 is 5.97 Å². The highest BCUT2D eigenvalue weighted by Crippen LogP contribution is 2.28. The van der Waals surface area contributed by atoms with E-state index in [9.17, 15) is 19.5 Å². The molecule has 7 nitrogen and oxygen atoms in total. The molecule has 28 heavy (non-hydrogen) atoms. The van der Waals surface area contributed by atoms with Crippen LogP contribution in [0.2, 0.25) is 0 Å². The molecule has 1 aliphatic carbocycles. The number of carbonyl (C=O) groups is 2. The zero-order chi connectivity index (χ0) is 19.7. The lowest BCUT2D eigenvalue weighted by Gasteiger charge is -2.16. The highest BCUT2D eigenvalue weighted by Gasteiger charge is 2.26. The van der Waals surface area contributed by atoms with E-state index in [0.29, 0.717) is 18.6 Å². The molecule has 146 valence electrons. The van der Waals surface area contributed by atoms with E-state index in [0.717, 1.165) is 54.7 Å². The van der Waals surface area contributed by atoms with Gasteiger partial charge in [0.25, 0.3) is 11.5 Å². The van der Waals surface area contributed by atoms with Crippen LogP contribution in [0.5, 0.6) is 5.75 Å². The number of hydrogen-bond donors (Lipinski definition) is 3. The van der Waals surface area contributed by atoms with Crippen LogP contribution in [0.15, 0.2) is 29.1 Å². The zero-order valence-electron chi connectivity index (χ0n) is 15.4. The van der Waals surface area contributed by atoms with E-state index in [-0.39, 0.29) is 5.56 Å². The van der Waals surface area contributed by atoms with Gasteiger partial charge < -0.3 is 20.1 Å². The van der Waals surface area contributed by atoms with Gasteiger partial charge in [-0.3, -0.25) is 9.59 Å². The number of rotatable bonds is 4. The van der Waals surface area contributed by atoms with Crippen molar-refractivity contribution >= 4 is 11.9 Å². The number of H-pyrrole nitrogens is 1. The Morgan fingerprint density at radius 2 is 1.89 bits per heavy atom. The summed E-state index contributed by atoms with van der Waals surface area (Å²) in [5.41, 5.74) is 2.69. The van der Waals surface area contributed by atoms with E-state index >= 15 is 0 Å². The standard InChI is InChI=1S/C21H22N2O5/c24-19-15(11-12-4-2-1-3-5-16(12)22-19)20(25)23-18(21(26)27)14-6-7-17-13(10-14)8-9-28-17/h6-7,10-11,18H,1-5,8-9H2,(H,22,24)(H,23,25)(H,26,27). The van der Waals surface area contributed by atoms with Crippen LogP contribution in [0.1, 0.15) is 58.0 Å². The van der Waals surface area contributed by atoms with Crippen LogP contribution >= 0.6 is 0 Å². The van der Waals surface area contributed by atoms with E-state index in [1.165, 1.54) is 0 Å². The Balaban J connectivity index is 1.61. The number of aliphatic carboxylic acids is 1. The smallest absolute Gasteiger partial charge is 0.330 e. The van der Waals surface area contributed by atoms with Crippen molar-refractivity contribution < 1.29 is 19.4 Å². The van der Waals surface area contributed by atoms with Crippen LogP contribution in [-0.4, -0.2) is 28.6 Å². The lowest BCUT2D eigenvalue weighted by Crippen LogP contribution is -2.37. The molecular weight excluding hydrogens is 360 g/mol. The average molecular weight is 382 g/mol. The largest absolute Gasteiger partial charge is 0.493 e. The molecule has 2 aliphatic rings. The minimum absolute atomic E-state index is 0.0450. The maximum atomic E-state index is 12.7. The third-order valence-electron chi connectivity index (χ3n) is 5.40. The van der Waals surface area contributed by atoms with Crippen LogP contribution in [0.3, 0.4) is 0 Å². The molecule has 1 unspecified atom stereocenters.